The van der Waals surface area contributed by atoms with Gasteiger partial charge in [-0.05, 0) is 79.4 Å². The van der Waals surface area contributed by atoms with Crippen LogP contribution < -0.4 is 4.74 Å². The van der Waals surface area contributed by atoms with Gasteiger partial charge in [-0.1, -0.05) is 30.3 Å². The Morgan fingerprint density at radius 1 is 1.06 bits per heavy atom. The number of aromatic hydroxyl groups is 1. The van der Waals surface area contributed by atoms with Crippen LogP contribution in [-0.2, 0) is 32.8 Å². The number of nitrogens with zero attached hydrogens (tertiary/aromatic N) is 1. The molecule has 1 N–H and O–H groups in total. The van der Waals surface area contributed by atoms with E-state index in [0.717, 1.165) is 34.6 Å². The number of phenolic OH excluding ortho intramolecular Hbond substituents is 1. The van der Waals surface area contributed by atoms with Crippen LogP contribution in [0.3, 0.4) is 0 Å². The van der Waals surface area contributed by atoms with Gasteiger partial charge >= 0.3 is 37.9 Å². The molecule has 0 radical (unpaired) electrons. The summed E-state index contributed by atoms with van der Waals surface area (Å²) in [5.74, 6) is 3.76. The molecule has 31 heavy (non-hydrogen) atoms. The molecule has 0 amide bonds. The fraction of sp³-hybridized carbons (Fsp3) is 0.480. The number of methoxy groups -OCH3 is 1. The maximum atomic E-state index is 11.2. The average molecular weight is 538 g/mol. The van der Waals surface area contributed by atoms with Crippen molar-refractivity contribution in [3.05, 3.63) is 59.2 Å². The van der Waals surface area contributed by atoms with E-state index in [-0.39, 0.29) is 5.41 Å². The van der Waals surface area contributed by atoms with Gasteiger partial charge in [0.05, 0.1) is 13.7 Å². The summed E-state index contributed by atoms with van der Waals surface area (Å²) in [6.45, 7) is 0.615. The molecule has 4 bridgehead atoms. The van der Waals surface area contributed by atoms with Crippen molar-refractivity contribution >= 4 is 23.2 Å². The normalized spacial score (nSPS) is 28.3. The van der Waals surface area contributed by atoms with Crippen molar-refractivity contribution in [2.75, 3.05) is 7.11 Å². The summed E-state index contributed by atoms with van der Waals surface area (Å²) >= 11 is -0.826. The molecule has 4 fully saturated rings. The Bertz CT molecular complexity index is 884. The van der Waals surface area contributed by atoms with E-state index in [1.54, 1.807) is 7.11 Å². The molecule has 6 rings (SSSR count). The Balaban J connectivity index is 0.000000730. The Morgan fingerprint density at radius 3 is 2.19 bits per heavy atom. The molecule has 2 aromatic carbocycles. The minimum atomic E-state index is -0.826. The van der Waals surface area contributed by atoms with Crippen molar-refractivity contribution in [1.29, 1.82) is 0 Å². The summed E-state index contributed by atoms with van der Waals surface area (Å²) < 4.78 is 5.61. The number of hydrogen-bond acceptors (Lipinski definition) is 3. The topological polar surface area (TPSA) is 41.8 Å². The zero-order valence-electron chi connectivity index (χ0n) is 17.9. The Morgan fingerprint density at radius 2 is 1.65 bits per heavy atom. The minimum absolute atomic E-state index is 0.134. The zero-order valence-corrected chi connectivity index (χ0v) is 21.8. The number of aliphatic imine (C=N–C) groups is 1. The van der Waals surface area contributed by atoms with E-state index in [4.69, 9.17) is 21.8 Å². The van der Waals surface area contributed by atoms with Gasteiger partial charge in [-0.25, -0.2) is 0 Å². The molecule has 0 heterocycles. The Kier molecular flexibility index (Phi) is 7.83. The zero-order chi connectivity index (χ0) is 21.8. The fourth-order valence-electron chi connectivity index (χ4n) is 6.52. The quantitative estimate of drug-likeness (QED) is 0.423. The number of halogens is 2. The maximum absolute atomic E-state index is 11.2. The molecule has 0 spiro atoms. The molecule has 3 nitrogen and oxygen atoms in total. The van der Waals surface area contributed by atoms with Crippen LogP contribution in [0.2, 0.25) is 0 Å². The van der Waals surface area contributed by atoms with Gasteiger partial charge in [-0.2, -0.15) is 0 Å². The van der Waals surface area contributed by atoms with E-state index < -0.39 is 20.8 Å². The van der Waals surface area contributed by atoms with Crippen molar-refractivity contribution in [2.45, 2.75) is 50.5 Å². The molecule has 2 aromatic rings. The van der Waals surface area contributed by atoms with Gasteiger partial charge in [-0.3, -0.25) is 4.99 Å². The molecule has 0 aliphatic heterocycles. The first-order valence-corrected chi connectivity index (χ1v) is 17.3. The first-order valence-electron chi connectivity index (χ1n) is 11.0. The van der Waals surface area contributed by atoms with Gasteiger partial charge in [0.25, 0.3) is 0 Å². The molecule has 0 aromatic heterocycles. The predicted octanol–water partition coefficient (Wildman–Crippen LogP) is 6.86. The van der Waals surface area contributed by atoms with Crippen LogP contribution in [-0.4, -0.2) is 18.4 Å². The molecule has 0 unspecified atom stereocenters. The van der Waals surface area contributed by atoms with Crippen LogP contribution in [0, 0.1) is 17.8 Å². The number of rotatable bonds is 5. The summed E-state index contributed by atoms with van der Waals surface area (Å²) in [7, 11) is 11.6. The summed E-state index contributed by atoms with van der Waals surface area (Å²) in [5, 5.41) is 11.2. The third-order valence-corrected chi connectivity index (χ3v) is 7.31. The summed E-state index contributed by atoms with van der Waals surface area (Å²) in [5.41, 5.74) is 3.19. The number of hydrogen-bond donors (Lipinski definition) is 1. The summed E-state index contributed by atoms with van der Waals surface area (Å²) in [6.07, 6.45) is 9.68. The first-order chi connectivity index (χ1) is 15.1. The molecule has 4 aliphatic carbocycles. The molecule has 4 aliphatic rings. The third-order valence-electron chi connectivity index (χ3n) is 7.31. The molecule has 0 saturated heterocycles. The van der Waals surface area contributed by atoms with E-state index in [2.05, 4.69) is 23.2 Å². The summed E-state index contributed by atoms with van der Waals surface area (Å²) in [6, 6.07) is 14.2. The van der Waals surface area contributed by atoms with Crippen molar-refractivity contribution in [3.8, 4) is 11.5 Å². The van der Waals surface area contributed by atoms with E-state index in [9.17, 15) is 5.11 Å². The van der Waals surface area contributed by atoms with Gasteiger partial charge < -0.3 is 9.84 Å². The first kappa shape index (κ1) is 23.3. The number of benzene rings is 2. The van der Waals surface area contributed by atoms with Crippen LogP contribution in [0.4, 0.5) is 0 Å². The van der Waals surface area contributed by atoms with E-state index in [1.807, 2.05) is 30.5 Å². The van der Waals surface area contributed by atoms with E-state index in [0.29, 0.717) is 12.3 Å². The van der Waals surface area contributed by atoms with Crippen molar-refractivity contribution in [1.82, 2.24) is 0 Å². The SMILES string of the molecule is COc1cc(C=NCc2ccccc2)c(O)c(C23CC4CC(CC(C4)C2)C3)c1.[Cl][Zr][Cl]. The van der Waals surface area contributed by atoms with Crippen molar-refractivity contribution in [3.63, 3.8) is 0 Å². The average Bonchev–Trinajstić information content (AvgIpc) is 2.75. The van der Waals surface area contributed by atoms with Crippen LogP contribution in [0.5, 0.6) is 11.5 Å². The summed E-state index contributed by atoms with van der Waals surface area (Å²) in [4.78, 5) is 4.59. The second-order valence-electron chi connectivity index (χ2n) is 9.34. The van der Waals surface area contributed by atoms with Crippen LogP contribution in [0.25, 0.3) is 0 Å². The van der Waals surface area contributed by atoms with E-state index in [1.165, 1.54) is 44.1 Å². The van der Waals surface area contributed by atoms with Gasteiger partial charge in [0.15, 0.2) is 0 Å². The van der Waals surface area contributed by atoms with Crippen molar-refractivity contribution in [2.24, 2.45) is 22.7 Å². The van der Waals surface area contributed by atoms with Gasteiger partial charge in [-0.15, -0.1) is 0 Å². The van der Waals surface area contributed by atoms with Crippen LogP contribution in [0.15, 0.2) is 47.5 Å². The van der Waals surface area contributed by atoms with Crippen LogP contribution >= 0.6 is 17.0 Å². The Hall–Kier alpha value is -0.827. The monoisotopic (exact) mass is 535 g/mol. The number of ether oxygens (including phenoxy) is 1. The predicted molar refractivity (Wildman–Crippen MR) is 124 cm³/mol. The fourth-order valence-corrected chi connectivity index (χ4v) is 6.52. The number of phenols is 1. The van der Waals surface area contributed by atoms with Gasteiger partial charge in [0, 0.05) is 17.3 Å². The molecular weight excluding hydrogens is 508 g/mol. The van der Waals surface area contributed by atoms with Gasteiger partial charge in [0.1, 0.15) is 11.5 Å². The molecule has 0 atom stereocenters. The Labute approximate surface area is 203 Å². The molecule has 6 heteroatoms. The molecule has 164 valence electrons. The standard InChI is InChI=1S/C25H29NO2.2ClH.Zr/c1-28-22-10-21(16-26-15-17-5-3-2-4-6-17)24(27)23(11-22)25-12-18-7-19(13-25)9-20(8-18)14-25;;;/h2-6,10-11,16,18-20,27H,7-9,12-15H2,1H3;2*1H;/q;;;+2/p-2. The van der Waals surface area contributed by atoms with E-state index >= 15 is 0 Å². The van der Waals surface area contributed by atoms with Gasteiger partial charge in [0.2, 0.25) is 0 Å². The molecule has 4 saturated carbocycles. The second kappa shape index (κ2) is 10.4. The third kappa shape index (κ3) is 5.23. The molecular formula is C25H29Cl2NO2Zr. The van der Waals surface area contributed by atoms with Crippen molar-refractivity contribution < 1.29 is 30.7 Å². The van der Waals surface area contributed by atoms with Crippen LogP contribution in [0.1, 0.15) is 55.2 Å². The second-order valence-corrected chi connectivity index (χ2v) is 13.1.